The summed E-state index contributed by atoms with van der Waals surface area (Å²) in [6.45, 7) is 9.80. The van der Waals surface area contributed by atoms with Crippen molar-refractivity contribution in [3.8, 4) is 40.0 Å². The Bertz CT molecular complexity index is 2540. The van der Waals surface area contributed by atoms with Gasteiger partial charge in [0.2, 0.25) is 0 Å². The van der Waals surface area contributed by atoms with Crippen LogP contribution in [0.15, 0.2) is 78.9 Å². The highest BCUT2D eigenvalue weighted by Gasteiger charge is 2.20. The van der Waals surface area contributed by atoms with E-state index in [0.29, 0.717) is 16.1 Å². The highest BCUT2D eigenvalue weighted by atomic mass is 35.5. The van der Waals surface area contributed by atoms with Crippen LogP contribution in [-0.2, 0) is 0 Å². The van der Waals surface area contributed by atoms with Crippen molar-refractivity contribution in [1.29, 1.82) is 0 Å². The number of nitrogens with zero attached hydrogens (tertiary/aromatic N) is 6. The minimum Gasteiger partial charge on any atom is -0.508 e. The SMILES string of the molecule is Cc1ccccc1-c1nc(C)c2c(C)nc3c(O)cc(O)cc3n12.Cc1nc(-c2ccccc2Cl)n2c1c(C)nc1cc(O)ccc12. The number of aromatic nitrogens is 6. The minimum atomic E-state index is -0.0444. The average molecular weight is 643 g/mol. The van der Waals surface area contributed by atoms with E-state index in [2.05, 4.69) is 14.4 Å². The maximum atomic E-state index is 10.2. The van der Waals surface area contributed by atoms with Gasteiger partial charge >= 0.3 is 0 Å². The predicted octanol–water partition coefficient (Wildman–Crippen LogP) is 8.41. The van der Waals surface area contributed by atoms with Gasteiger partial charge in [-0.1, -0.05) is 48.0 Å². The number of halogens is 1. The van der Waals surface area contributed by atoms with Crippen LogP contribution in [0.2, 0.25) is 5.02 Å². The van der Waals surface area contributed by atoms with Crippen molar-refractivity contribution in [2.45, 2.75) is 34.6 Å². The van der Waals surface area contributed by atoms with E-state index in [-0.39, 0.29) is 17.2 Å². The molecule has 0 radical (unpaired) electrons. The van der Waals surface area contributed by atoms with Gasteiger partial charge in [0, 0.05) is 29.3 Å². The molecular weight excluding hydrogens is 612 g/mol. The molecule has 8 rings (SSSR count). The Balaban J connectivity index is 0.000000150. The zero-order valence-corrected chi connectivity index (χ0v) is 27.2. The van der Waals surface area contributed by atoms with Gasteiger partial charge in [-0.3, -0.25) is 8.80 Å². The molecule has 8 aromatic rings. The number of benzene rings is 4. The van der Waals surface area contributed by atoms with Gasteiger partial charge in [0.15, 0.2) is 0 Å². The maximum Gasteiger partial charge on any atom is 0.147 e. The molecule has 4 heterocycles. The number of aryl methyl sites for hydroxylation is 5. The van der Waals surface area contributed by atoms with E-state index >= 15 is 0 Å². The van der Waals surface area contributed by atoms with Crippen LogP contribution in [0.25, 0.3) is 55.9 Å². The molecule has 47 heavy (non-hydrogen) atoms. The monoisotopic (exact) mass is 642 g/mol. The lowest BCUT2D eigenvalue weighted by atomic mass is 10.1. The molecule has 0 amide bonds. The summed E-state index contributed by atoms with van der Waals surface area (Å²) >= 11 is 6.38. The molecule has 0 saturated carbocycles. The first kappa shape index (κ1) is 30.0. The van der Waals surface area contributed by atoms with Crippen molar-refractivity contribution >= 4 is 44.7 Å². The van der Waals surface area contributed by atoms with E-state index in [4.69, 9.17) is 21.6 Å². The fourth-order valence-electron chi connectivity index (χ4n) is 6.32. The third kappa shape index (κ3) is 4.96. The lowest BCUT2D eigenvalue weighted by Crippen LogP contribution is -1.98. The van der Waals surface area contributed by atoms with Crippen LogP contribution in [0, 0.1) is 34.6 Å². The van der Waals surface area contributed by atoms with Crippen LogP contribution >= 0.6 is 11.6 Å². The van der Waals surface area contributed by atoms with Gasteiger partial charge in [0.25, 0.3) is 0 Å². The summed E-state index contributed by atoms with van der Waals surface area (Å²) in [5.41, 5.74) is 11.0. The molecule has 0 aliphatic carbocycles. The van der Waals surface area contributed by atoms with Crippen LogP contribution in [0.4, 0.5) is 0 Å². The zero-order valence-electron chi connectivity index (χ0n) is 26.4. The summed E-state index contributed by atoms with van der Waals surface area (Å²) in [5.74, 6) is 1.70. The smallest absolute Gasteiger partial charge is 0.147 e. The van der Waals surface area contributed by atoms with E-state index in [1.165, 1.54) is 6.07 Å². The normalized spacial score (nSPS) is 11.4. The number of fused-ring (bicyclic) bond motifs is 6. The molecule has 0 unspecified atom stereocenters. The van der Waals surface area contributed by atoms with Crippen molar-refractivity contribution in [3.63, 3.8) is 0 Å². The van der Waals surface area contributed by atoms with Gasteiger partial charge in [0.1, 0.15) is 34.4 Å². The van der Waals surface area contributed by atoms with Crippen LogP contribution in [0.1, 0.15) is 28.3 Å². The number of aromatic hydroxyl groups is 3. The molecule has 0 saturated heterocycles. The van der Waals surface area contributed by atoms with Gasteiger partial charge in [-0.2, -0.15) is 0 Å². The topological polar surface area (TPSA) is 121 Å². The Morgan fingerprint density at radius 2 is 1.13 bits per heavy atom. The molecule has 0 fully saturated rings. The second-order valence-electron chi connectivity index (χ2n) is 11.6. The Morgan fingerprint density at radius 1 is 0.553 bits per heavy atom. The van der Waals surface area contributed by atoms with Crippen LogP contribution < -0.4 is 0 Å². The molecule has 0 spiro atoms. The van der Waals surface area contributed by atoms with E-state index in [0.717, 1.165) is 73.2 Å². The molecule has 3 N–H and O–H groups in total. The predicted molar refractivity (Wildman–Crippen MR) is 186 cm³/mol. The van der Waals surface area contributed by atoms with E-state index in [1.807, 2.05) is 93.6 Å². The molecule has 4 aromatic heterocycles. The summed E-state index contributed by atoms with van der Waals surface area (Å²) < 4.78 is 4.03. The summed E-state index contributed by atoms with van der Waals surface area (Å²) in [6, 6.07) is 23.8. The fourth-order valence-corrected chi connectivity index (χ4v) is 6.54. The second kappa shape index (κ2) is 11.3. The second-order valence-corrected chi connectivity index (χ2v) is 12.0. The number of phenols is 3. The first-order valence-electron chi connectivity index (χ1n) is 15.0. The Kier molecular flexibility index (Phi) is 7.21. The maximum absolute atomic E-state index is 10.2. The average Bonchev–Trinajstić information content (AvgIpc) is 3.56. The van der Waals surface area contributed by atoms with E-state index < -0.39 is 0 Å². The van der Waals surface area contributed by atoms with Gasteiger partial charge in [-0.05, 0) is 64.4 Å². The molecule has 10 heteroatoms. The van der Waals surface area contributed by atoms with Gasteiger partial charge in [-0.25, -0.2) is 19.9 Å². The Labute approximate surface area is 275 Å². The van der Waals surface area contributed by atoms with Crippen LogP contribution in [0.5, 0.6) is 17.2 Å². The molecule has 0 aliphatic rings. The summed E-state index contributed by atoms with van der Waals surface area (Å²) in [5, 5.41) is 30.5. The number of hydrogen-bond acceptors (Lipinski definition) is 7. The third-order valence-corrected chi connectivity index (χ3v) is 8.68. The van der Waals surface area contributed by atoms with Crippen LogP contribution in [0.3, 0.4) is 0 Å². The summed E-state index contributed by atoms with van der Waals surface area (Å²) in [4.78, 5) is 18.6. The first-order chi connectivity index (χ1) is 22.5. The molecular formula is C37H31ClN6O3. The van der Waals surface area contributed by atoms with Crippen molar-refractivity contribution in [1.82, 2.24) is 28.7 Å². The van der Waals surface area contributed by atoms with Gasteiger partial charge in [0.05, 0.1) is 55.4 Å². The summed E-state index contributed by atoms with van der Waals surface area (Å²) in [7, 11) is 0. The highest BCUT2D eigenvalue weighted by Crippen LogP contribution is 2.35. The third-order valence-electron chi connectivity index (χ3n) is 8.35. The van der Waals surface area contributed by atoms with E-state index in [9.17, 15) is 15.3 Å². The van der Waals surface area contributed by atoms with Crippen LogP contribution in [-0.4, -0.2) is 44.1 Å². The molecule has 234 valence electrons. The molecule has 9 nitrogen and oxygen atoms in total. The largest absolute Gasteiger partial charge is 0.508 e. The van der Waals surface area contributed by atoms with Crippen molar-refractivity contribution in [2.75, 3.05) is 0 Å². The molecule has 4 aromatic carbocycles. The van der Waals surface area contributed by atoms with Gasteiger partial charge < -0.3 is 15.3 Å². The van der Waals surface area contributed by atoms with Crippen molar-refractivity contribution in [2.24, 2.45) is 0 Å². The number of rotatable bonds is 2. The molecule has 0 atom stereocenters. The minimum absolute atomic E-state index is 0.00552. The van der Waals surface area contributed by atoms with Crippen molar-refractivity contribution < 1.29 is 15.3 Å². The molecule has 0 bridgehead atoms. The van der Waals surface area contributed by atoms with Gasteiger partial charge in [-0.15, -0.1) is 0 Å². The standard InChI is InChI=1S/C19H17N3O2.C18H14ClN3O/c1-10-6-4-5-7-14(10)19-21-12(3)18-11(2)20-17-15(22(18)19)8-13(23)9-16(17)24;1-10-17-11(2)21-18(13-5-3-4-6-14(13)19)22(17)16-8-7-12(23)9-15(16)20-10/h4-9,23-24H,1-3H3;3-9,23H,1-2H3. The Morgan fingerprint density at radius 3 is 1.81 bits per heavy atom. The number of phenolic OH excluding ortho intramolecular Hbond substituents is 3. The zero-order chi connectivity index (χ0) is 33.1. The first-order valence-corrected chi connectivity index (χ1v) is 15.4. The fraction of sp³-hybridized carbons (Fsp3) is 0.135. The lowest BCUT2D eigenvalue weighted by molar-refractivity contribution is 0.454. The molecule has 0 aliphatic heterocycles. The quantitative estimate of drug-likeness (QED) is 0.173. The Hall–Kier alpha value is -5.67. The van der Waals surface area contributed by atoms with Crippen molar-refractivity contribution in [3.05, 3.63) is 112 Å². The lowest BCUT2D eigenvalue weighted by Gasteiger charge is -2.11. The highest BCUT2D eigenvalue weighted by molar-refractivity contribution is 6.33. The summed E-state index contributed by atoms with van der Waals surface area (Å²) in [6.07, 6.45) is 0. The van der Waals surface area contributed by atoms with E-state index in [1.54, 1.807) is 18.2 Å². The number of hydrogen-bond donors (Lipinski definition) is 3. The number of imidazole rings is 2.